The first-order chi connectivity index (χ1) is 18.2. The molecular weight excluding hydrogens is 541 g/mol. The molecule has 12 heteroatoms. The van der Waals surface area contributed by atoms with Gasteiger partial charge in [0.15, 0.2) is 17.3 Å². The van der Waals surface area contributed by atoms with Crippen LogP contribution in [0.4, 0.5) is 18.9 Å². The highest BCUT2D eigenvalue weighted by Gasteiger charge is 2.72. The van der Waals surface area contributed by atoms with Crippen LogP contribution in [0, 0.1) is 5.41 Å². The topological polar surface area (TPSA) is 94.2 Å². The van der Waals surface area contributed by atoms with Gasteiger partial charge in [0, 0.05) is 22.7 Å². The zero-order valence-corrected chi connectivity index (χ0v) is 22.5. The summed E-state index contributed by atoms with van der Waals surface area (Å²) in [5, 5.41) is 2.07. The van der Waals surface area contributed by atoms with Crippen molar-refractivity contribution in [1.82, 2.24) is 5.32 Å². The number of halogens is 4. The van der Waals surface area contributed by atoms with Crippen LogP contribution in [0.25, 0.3) is 0 Å². The minimum Gasteiger partial charge on any atom is -0.493 e. The molecule has 4 rings (SSSR count). The molecule has 1 atom stereocenters. The highest BCUT2D eigenvalue weighted by molar-refractivity contribution is 6.31. The number of carbonyl (C=O) groups is 3. The average Bonchev–Trinajstić information content (AvgIpc) is 3.10. The number of ketones is 1. The Balaban J connectivity index is 1.93. The van der Waals surface area contributed by atoms with Gasteiger partial charge in [-0.2, -0.15) is 13.2 Å². The Bertz CT molecular complexity index is 1380. The number of allylic oxidation sites excluding steroid dienone is 1. The predicted molar refractivity (Wildman–Crippen MR) is 136 cm³/mol. The van der Waals surface area contributed by atoms with Crippen LogP contribution in [0.5, 0.6) is 17.2 Å². The third kappa shape index (κ3) is 4.58. The molecule has 2 amide bonds. The van der Waals surface area contributed by atoms with E-state index >= 15 is 13.2 Å². The van der Waals surface area contributed by atoms with Crippen molar-refractivity contribution >= 4 is 34.9 Å². The Morgan fingerprint density at radius 3 is 2.13 bits per heavy atom. The first kappa shape index (κ1) is 28.3. The van der Waals surface area contributed by atoms with Crippen LogP contribution in [0.1, 0.15) is 37.0 Å². The summed E-state index contributed by atoms with van der Waals surface area (Å²) in [5.41, 5.74) is -5.59. The molecule has 0 spiro atoms. The van der Waals surface area contributed by atoms with Crippen LogP contribution in [-0.2, 0) is 9.59 Å². The van der Waals surface area contributed by atoms with Crippen LogP contribution in [-0.4, -0.2) is 50.6 Å². The summed E-state index contributed by atoms with van der Waals surface area (Å²) in [4.78, 5) is 41.6. The lowest BCUT2D eigenvalue weighted by molar-refractivity contribution is -0.186. The Hall–Kier alpha value is -3.73. The SMILES string of the molecule is COc1cc(C(=O)N[C@@]2(C(F)(F)F)C(=O)N(c3cccc(Cl)c3)C3=C2C(=O)CC(C)(C)C3)cc(OC)c1OC. The van der Waals surface area contributed by atoms with Gasteiger partial charge in [-0.05, 0) is 42.2 Å². The van der Waals surface area contributed by atoms with Crippen LogP contribution in [0.15, 0.2) is 47.7 Å². The third-order valence-electron chi connectivity index (χ3n) is 6.74. The summed E-state index contributed by atoms with van der Waals surface area (Å²) in [5.74, 6) is -3.57. The van der Waals surface area contributed by atoms with Gasteiger partial charge in [-0.15, -0.1) is 0 Å². The quantitative estimate of drug-likeness (QED) is 0.524. The van der Waals surface area contributed by atoms with Crippen LogP contribution >= 0.6 is 11.6 Å². The third-order valence-corrected chi connectivity index (χ3v) is 6.98. The van der Waals surface area contributed by atoms with Crippen molar-refractivity contribution in [2.24, 2.45) is 5.41 Å². The van der Waals surface area contributed by atoms with Crippen molar-refractivity contribution in [3.8, 4) is 17.2 Å². The molecule has 208 valence electrons. The number of nitrogens with zero attached hydrogens (tertiary/aromatic N) is 1. The fourth-order valence-electron chi connectivity index (χ4n) is 5.09. The van der Waals surface area contributed by atoms with E-state index in [1.807, 2.05) is 5.32 Å². The lowest BCUT2D eigenvalue weighted by Crippen LogP contribution is -2.66. The molecule has 2 aromatic carbocycles. The van der Waals surface area contributed by atoms with Gasteiger partial charge in [-0.25, -0.2) is 0 Å². The van der Waals surface area contributed by atoms with Crippen molar-refractivity contribution in [3.63, 3.8) is 0 Å². The maximum Gasteiger partial charge on any atom is 0.425 e. The van der Waals surface area contributed by atoms with E-state index in [9.17, 15) is 14.4 Å². The zero-order valence-electron chi connectivity index (χ0n) is 21.8. The number of nitrogens with one attached hydrogen (secondary N) is 1. The number of alkyl halides is 3. The van der Waals surface area contributed by atoms with E-state index < -0.39 is 40.3 Å². The van der Waals surface area contributed by atoms with E-state index in [0.29, 0.717) is 0 Å². The van der Waals surface area contributed by atoms with E-state index in [1.54, 1.807) is 13.8 Å². The first-order valence-electron chi connectivity index (χ1n) is 11.8. The van der Waals surface area contributed by atoms with E-state index in [2.05, 4.69) is 0 Å². The normalized spacial score (nSPS) is 20.6. The molecule has 2 aliphatic rings. The molecule has 8 nitrogen and oxygen atoms in total. The van der Waals surface area contributed by atoms with E-state index in [-0.39, 0.29) is 52.1 Å². The molecule has 0 saturated heterocycles. The van der Waals surface area contributed by atoms with Crippen LogP contribution < -0.4 is 24.4 Å². The number of hydrogen-bond donors (Lipinski definition) is 1. The van der Waals surface area contributed by atoms with Gasteiger partial charge < -0.3 is 19.5 Å². The summed E-state index contributed by atoms with van der Waals surface area (Å²) in [6, 6.07) is 8.01. The van der Waals surface area contributed by atoms with Crippen molar-refractivity contribution in [2.45, 2.75) is 38.4 Å². The lowest BCUT2D eigenvalue weighted by atomic mass is 9.72. The van der Waals surface area contributed by atoms with Crippen LogP contribution in [0.3, 0.4) is 0 Å². The molecule has 0 bridgehead atoms. The molecule has 2 aromatic rings. The molecule has 0 fully saturated rings. The highest BCUT2D eigenvalue weighted by Crippen LogP contribution is 2.53. The predicted octanol–water partition coefficient (Wildman–Crippen LogP) is 5.09. The maximum atomic E-state index is 15.1. The Labute approximate surface area is 227 Å². The molecular formula is C27H26ClF3N2O6. The van der Waals surface area contributed by atoms with Crippen molar-refractivity contribution in [3.05, 3.63) is 58.3 Å². The van der Waals surface area contributed by atoms with Gasteiger partial charge in [0.05, 0.1) is 32.6 Å². The number of benzene rings is 2. The molecule has 0 saturated carbocycles. The number of Topliss-reactive ketones (excluding diaryl/α,β-unsaturated/α-hetero) is 1. The second-order valence-corrected chi connectivity index (χ2v) is 10.4. The van der Waals surface area contributed by atoms with E-state index in [1.165, 1.54) is 45.6 Å². The standard InChI is InChI=1S/C27H26ClF3N2O6/c1-25(2)12-17-21(18(34)13-25)26(27(29,30)31,24(36)33(17)16-8-6-7-15(28)11-16)32-23(35)14-9-19(37-3)22(39-5)20(10-14)38-4/h6-11H,12-13H2,1-5H3,(H,32,35)/t26-/m1/s1. The molecule has 0 unspecified atom stereocenters. The number of ether oxygens (including phenoxy) is 3. The molecule has 1 N–H and O–H groups in total. The molecule has 1 heterocycles. The lowest BCUT2D eigenvalue weighted by Gasteiger charge is -2.35. The Morgan fingerprint density at radius 1 is 1.00 bits per heavy atom. The summed E-state index contributed by atoms with van der Waals surface area (Å²) in [6.45, 7) is 3.44. The fourth-order valence-corrected chi connectivity index (χ4v) is 5.28. The molecule has 0 radical (unpaired) electrons. The summed E-state index contributed by atoms with van der Waals surface area (Å²) in [7, 11) is 3.88. The number of carbonyl (C=O) groups excluding carboxylic acids is 3. The maximum absolute atomic E-state index is 15.1. The van der Waals surface area contributed by atoms with E-state index in [4.69, 9.17) is 25.8 Å². The largest absolute Gasteiger partial charge is 0.493 e. The van der Waals surface area contributed by atoms with Gasteiger partial charge in [-0.1, -0.05) is 31.5 Å². The number of hydrogen-bond acceptors (Lipinski definition) is 6. The second kappa shape index (κ2) is 9.78. The van der Waals surface area contributed by atoms with Gasteiger partial charge in [0.1, 0.15) is 0 Å². The van der Waals surface area contributed by atoms with E-state index in [0.717, 1.165) is 17.0 Å². The molecule has 1 aliphatic carbocycles. The van der Waals surface area contributed by atoms with Crippen molar-refractivity contribution in [1.29, 1.82) is 0 Å². The highest BCUT2D eigenvalue weighted by atomic mass is 35.5. The number of methoxy groups -OCH3 is 3. The average molecular weight is 567 g/mol. The van der Waals surface area contributed by atoms with Gasteiger partial charge in [-0.3, -0.25) is 19.3 Å². The van der Waals surface area contributed by atoms with Crippen LogP contribution in [0.2, 0.25) is 5.02 Å². The van der Waals surface area contributed by atoms with Crippen molar-refractivity contribution < 1.29 is 41.8 Å². The summed E-state index contributed by atoms with van der Waals surface area (Å²) in [6.07, 6.45) is -5.66. The molecule has 39 heavy (non-hydrogen) atoms. The minimum atomic E-state index is -5.38. The first-order valence-corrected chi connectivity index (χ1v) is 12.1. The molecule has 0 aromatic heterocycles. The van der Waals surface area contributed by atoms with Gasteiger partial charge >= 0.3 is 6.18 Å². The van der Waals surface area contributed by atoms with Crippen molar-refractivity contribution in [2.75, 3.05) is 26.2 Å². The summed E-state index contributed by atoms with van der Waals surface area (Å²) >= 11 is 6.09. The smallest absolute Gasteiger partial charge is 0.425 e. The Kier molecular flexibility index (Phi) is 7.09. The second-order valence-electron chi connectivity index (χ2n) is 10.00. The fraction of sp³-hybridized carbons (Fsp3) is 0.370. The number of anilines is 1. The number of rotatable bonds is 6. The Morgan fingerprint density at radius 2 is 1.62 bits per heavy atom. The zero-order chi connectivity index (χ0) is 28.9. The monoisotopic (exact) mass is 566 g/mol. The molecule has 1 aliphatic heterocycles. The number of amides is 2. The summed E-state index contributed by atoms with van der Waals surface area (Å²) < 4.78 is 61.0. The minimum absolute atomic E-state index is 0.0109. The van der Waals surface area contributed by atoms with Gasteiger partial charge in [0.25, 0.3) is 11.8 Å². The van der Waals surface area contributed by atoms with Gasteiger partial charge in [0.2, 0.25) is 11.3 Å².